The molecule has 0 saturated heterocycles. The lowest BCUT2D eigenvalue weighted by Crippen LogP contribution is -2.02. The van der Waals surface area contributed by atoms with Gasteiger partial charge in [-0.3, -0.25) is 0 Å². The number of ether oxygens (including phenoxy) is 2. The van der Waals surface area contributed by atoms with Crippen molar-refractivity contribution in [1.82, 2.24) is 9.97 Å². The molecule has 122 valence electrons. The third-order valence-corrected chi connectivity index (χ3v) is 2.74. The highest BCUT2D eigenvalue weighted by atomic mass is 19.1. The molecular formula is C16H22F2N2O2. The molecule has 0 aliphatic carbocycles. The second-order valence-electron chi connectivity index (χ2n) is 4.17. The van der Waals surface area contributed by atoms with E-state index < -0.39 is 11.6 Å². The Morgan fingerprint density at radius 1 is 1.27 bits per heavy atom. The Hall–Kier alpha value is -2.24. The lowest BCUT2D eigenvalue weighted by Gasteiger charge is -2.08. The first-order valence-corrected chi connectivity index (χ1v) is 6.72. The van der Waals surface area contributed by atoms with Crippen LogP contribution in [0.25, 0.3) is 0 Å². The molecule has 1 aromatic rings. The number of methoxy groups -OCH3 is 1. The fourth-order valence-corrected chi connectivity index (χ4v) is 1.30. The first-order valence-electron chi connectivity index (χ1n) is 6.72. The molecule has 4 nitrogen and oxygen atoms in total. The largest absolute Gasteiger partial charge is 0.479 e. The summed E-state index contributed by atoms with van der Waals surface area (Å²) >= 11 is 0. The molecule has 0 aliphatic rings. The molecule has 0 atom stereocenters. The third kappa shape index (κ3) is 6.03. The van der Waals surface area contributed by atoms with Gasteiger partial charge in [-0.15, -0.1) is 13.2 Å². The van der Waals surface area contributed by atoms with Crippen LogP contribution in [0.15, 0.2) is 42.7 Å². The summed E-state index contributed by atoms with van der Waals surface area (Å²) in [6.07, 6.45) is 3.81. The molecule has 0 bridgehead atoms. The monoisotopic (exact) mass is 312 g/mol. The predicted octanol–water partition coefficient (Wildman–Crippen LogP) is 4.75. The SMILES string of the molecule is C=C.CC/C(C)=C\C/C(F)=C(\C)Oc1ncnc(OC)c1F. The molecule has 22 heavy (non-hydrogen) atoms. The molecule has 0 amide bonds. The van der Waals surface area contributed by atoms with Gasteiger partial charge in [-0.1, -0.05) is 18.6 Å². The average molecular weight is 312 g/mol. The first-order chi connectivity index (χ1) is 10.5. The minimum atomic E-state index is -0.859. The quantitative estimate of drug-likeness (QED) is 0.561. The van der Waals surface area contributed by atoms with E-state index >= 15 is 0 Å². The lowest BCUT2D eigenvalue weighted by atomic mass is 10.2. The van der Waals surface area contributed by atoms with Crippen molar-refractivity contribution in [3.8, 4) is 11.8 Å². The van der Waals surface area contributed by atoms with E-state index in [1.807, 2.05) is 13.8 Å². The molecule has 0 saturated carbocycles. The number of nitrogens with zero attached hydrogens (tertiary/aromatic N) is 2. The number of allylic oxidation sites excluding steroid dienone is 4. The Kier molecular flexibility index (Phi) is 9.41. The van der Waals surface area contributed by atoms with Crippen LogP contribution in [-0.2, 0) is 0 Å². The van der Waals surface area contributed by atoms with Gasteiger partial charge in [0.15, 0.2) is 0 Å². The van der Waals surface area contributed by atoms with Crippen molar-refractivity contribution in [2.75, 3.05) is 7.11 Å². The Balaban J connectivity index is 0.00000211. The van der Waals surface area contributed by atoms with Crippen LogP contribution in [0.1, 0.15) is 33.6 Å². The van der Waals surface area contributed by atoms with Gasteiger partial charge in [-0.25, -0.2) is 4.39 Å². The van der Waals surface area contributed by atoms with Gasteiger partial charge in [0.25, 0.3) is 11.8 Å². The molecule has 1 rings (SSSR count). The zero-order chi connectivity index (χ0) is 17.1. The number of aromatic nitrogens is 2. The number of hydrogen-bond donors (Lipinski definition) is 0. The Morgan fingerprint density at radius 2 is 1.86 bits per heavy atom. The van der Waals surface area contributed by atoms with E-state index in [1.54, 1.807) is 6.08 Å². The molecule has 0 fully saturated rings. The van der Waals surface area contributed by atoms with Crippen LogP contribution in [0.5, 0.6) is 11.8 Å². The number of hydrogen-bond acceptors (Lipinski definition) is 4. The molecule has 0 aromatic carbocycles. The minimum absolute atomic E-state index is 0.0372. The summed E-state index contributed by atoms with van der Waals surface area (Å²) in [5, 5.41) is 0. The van der Waals surface area contributed by atoms with Crippen LogP contribution in [0.3, 0.4) is 0 Å². The lowest BCUT2D eigenvalue weighted by molar-refractivity contribution is 0.324. The molecular weight excluding hydrogens is 290 g/mol. The predicted molar refractivity (Wildman–Crippen MR) is 82.9 cm³/mol. The van der Waals surface area contributed by atoms with Crippen LogP contribution < -0.4 is 9.47 Å². The van der Waals surface area contributed by atoms with Crippen molar-refractivity contribution in [1.29, 1.82) is 0 Å². The van der Waals surface area contributed by atoms with Gasteiger partial charge in [0.2, 0.25) is 5.82 Å². The molecule has 1 aromatic heterocycles. The summed E-state index contributed by atoms with van der Waals surface area (Å²) in [5.74, 6) is -1.98. The summed E-state index contributed by atoms with van der Waals surface area (Å²) in [5.41, 5.74) is 1.07. The van der Waals surface area contributed by atoms with Crippen LogP contribution in [-0.4, -0.2) is 17.1 Å². The maximum atomic E-state index is 13.8. The summed E-state index contributed by atoms with van der Waals surface area (Å²) < 4.78 is 37.3. The standard InChI is InChI=1S/C14H18F2N2O2.C2H4/c1-5-9(2)6-7-11(15)10(3)20-14-12(16)13(19-4)17-8-18-14;1-2/h6,8H,5,7H2,1-4H3;1-2H2/b9-6-,11-10-;. The van der Waals surface area contributed by atoms with E-state index in [0.717, 1.165) is 18.3 Å². The highest BCUT2D eigenvalue weighted by Crippen LogP contribution is 2.24. The van der Waals surface area contributed by atoms with Crippen molar-refractivity contribution in [2.24, 2.45) is 0 Å². The van der Waals surface area contributed by atoms with Crippen molar-refractivity contribution in [3.05, 3.63) is 48.5 Å². The van der Waals surface area contributed by atoms with Gasteiger partial charge in [-0.2, -0.15) is 14.4 Å². The Bertz CT molecular complexity index is 543. The zero-order valence-corrected chi connectivity index (χ0v) is 13.4. The smallest absolute Gasteiger partial charge is 0.262 e. The van der Waals surface area contributed by atoms with Gasteiger partial charge in [0.05, 0.1) is 7.11 Å². The fourth-order valence-electron chi connectivity index (χ4n) is 1.30. The topological polar surface area (TPSA) is 44.2 Å². The van der Waals surface area contributed by atoms with E-state index in [1.165, 1.54) is 14.0 Å². The Morgan fingerprint density at radius 3 is 2.41 bits per heavy atom. The summed E-state index contributed by atoms with van der Waals surface area (Å²) in [7, 11) is 1.27. The van der Waals surface area contributed by atoms with E-state index in [4.69, 9.17) is 9.47 Å². The Labute approximate surface area is 130 Å². The van der Waals surface area contributed by atoms with Crippen LogP contribution >= 0.6 is 0 Å². The van der Waals surface area contributed by atoms with Gasteiger partial charge in [0, 0.05) is 6.42 Å². The fraction of sp³-hybridized carbons (Fsp3) is 0.375. The van der Waals surface area contributed by atoms with Crippen molar-refractivity contribution < 1.29 is 18.3 Å². The van der Waals surface area contributed by atoms with Gasteiger partial charge >= 0.3 is 0 Å². The van der Waals surface area contributed by atoms with Crippen molar-refractivity contribution in [2.45, 2.75) is 33.6 Å². The number of rotatable bonds is 6. The minimum Gasteiger partial charge on any atom is -0.479 e. The van der Waals surface area contributed by atoms with Crippen LogP contribution in [0.2, 0.25) is 0 Å². The van der Waals surface area contributed by atoms with E-state index in [9.17, 15) is 8.78 Å². The van der Waals surface area contributed by atoms with Gasteiger partial charge < -0.3 is 9.47 Å². The van der Waals surface area contributed by atoms with E-state index in [2.05, 4.69) is 23.1 Å². The molecule has 1 heterocycles. The van der Waals surface area contributed by atoms with Crippen LogP contribution in [0, 0.1) is 5.82 Å². The van der Waals surface area contributed by atoms with E-state index in [-0.39, 0.29) is 23.9 Å². The highest BCUT2D eigenvalue weighted by Gasteiger charge is 2.15. The zero-order valence-electron chi connectivity index (χ0n) is 13.4. The van der Waals surface area contributed by atoms with Gasteiger partial charge in [-0.05, 0) is 20.3 Å². The molecule has 6 heteroatoms. The van der Waals surface area contributed by atoms with E-state index in [0.29, 0.717) is 0 Å². The second kappa shape index (κ2) is 10.5. The molecule has 0 radical (unpaired) electrons. The maximum Gasteiger partial charge on any atom is 0.262 e. The first kappa shape index (κ1) is 19.8. The summed E-state index contributed by atoms with van der Waals surface area (Å²) in [6.45, 7) is 11.3. The maximum absolute atomic E-state index is 13.8. The van der Waals surface area contributed by atoms with Crippen LogP contribution in [0.4, 0.5) is 8.78 Å². The average Bonchev–Trinajstić information content (AvgIpc) is 2.55. The van der Waals surface area contributed by atoms with Crippen molar-refractivity contribution >= 4 is 0 Å². The molecule has 0 unspecified atom stereocenters. The second-order valence-corrected chi connectivity index (χ2v) is 4.17. The highest BCUT2D eigenvalue weighted by molar-refractivity contribution is 5.24. The summed E-state index contributed by atoms with van der Waals surface area (Å²) in [4.78, 5) is 7.19. The normalized spacial score (nSPS) is 12.0. The summed E-state index contributed by atoms with van der Waals surface area (Å²) in [6, 6.07) is 0. The van der Waals surface area contributed by atoms with Crippen molar-refractivity contribution in [3.63, 3.8) is 0 Å². The molecule has 0 aliphatic heterocycles. The van der Waals surface area contributed by atoms with Gasteiger partial charge in [0.1, 0.15) is 17.9 Å². The third-order valence-electron chi connectivity index (χ3n) is 2.74. The molecule has 0 spiro atoms. The molecule has 0 N–H and O–H groups in total. The number of halogens is 2.